The number of rotatable bonds is 4. The third-order valence-corrected chi connectivity index (χ3v) is 2.91. The van der Waals surface area contributed by atoms with Crippen molar-refractivity contribution >= 4 is 23.0 Å². The number of nitrogens with two attached hydrogens (primary N) is 1. The normalized spacial score (nSPS) is 12.3. The molecule has 1 aromatic heterocycles. The fourth-order valence-corrected chi connectivity index (χ4v) is 2.71. The van der Waals surface area contributed by atoms with Gasteiger partial charge in [0, 0.05) is 16.8 Å². The summed E-state index contributed by atoms with van der Waals surface area (Å²) in [6.07, 6.45) is 1.04. The van der Waals surface area contributed by atoms with Crippen LogP contribution in [-0.4, -0.2) is 15.5 Å². The zero-order valence-electron chi connectivity index (χ0n) is 12.8. The van der Waals surface area contributed by atoms with E-state index in [0.717, 1.165) is 23.5 Å². The zero-order valence-corrected chi connectivity index (χ0v) is 13.6. The van der Waals surface area contributed by atoms with Gasteiger partial charge in [0.25, 0.3) is 0 Å². The minimum atomic E-state index is -0.0352. The van der Waals surface area contributed by atoms with E-state index in [1.807, 2.05) is 19.1 Å². The molecule has 0 aliphatic rings. The van der Waals surface area contributed by atoms with Crippen LogP contribution in [0.3, 0.4) is 0 Å². The average molecular weight is 279 g/mol. The Labute approximate surface area is 122 Å². The van der Waals surface area contributed by atoms with Crippen LogP contribution >= 0.6 is 12.2 Å². The summed E-state index contributed by atoms with van der Waals surface area (Å²) in [5.41, 5.74) is 7.69. The Hall–Kier alpha value is -1.16. The standard InChI is InChI=1S/C15H25N3S/c1-10-7-11(13(16)19)8-12(17-10)18-15(5,6)9-14(2,3)4/h7-8H,9H2,1-6H3,(H2,16,19)(H,17,18). The molecule has 0 unspecified atom stereocenters. The second-order valence-corrected chi connectivity index (χ2v) is 7.43. The number of nitrogens with zero attached hydrogens (tertiary/aromatic N) is 1. The van der Waals surface area contributed by atoms with Gasteiger partial charge in [-0.15, -0.1) is 0 Å². The highest BCUT2D eigenvalue weighted by Crippen LogP contribution is 2.29. The molecule has 1 aromatic rings. The summed E-state index contributed by atoms with van der Waals surface area (Å²) in [4.78, 5) is 4.91. The smallest absolute Gasteiger partial charge is 0.127 e. The van der Waals surface area contributed by atoms with E-state index < -0.39 is 0 Å². The first kappa shape index (κ1) is 15.9. The largest absolute Gasteiger partial charge is 0.389 e. The topological polar surface area (TPSA) is 50.9 Å². The van der Waals surface area contributed by atoms with Crippen molar-refractivity contribution in [3.63, 3.8) is 0 Å². The van der Waals surface area contributed by atoms with E-state index in [-0.39, 0.29) is 11.0 Å². The number of anilines is 1. The van der Waals surface area contributed by atoms with E-state index in [1.54, 1.807) is 0 Å². The summed E-state index contributed by atoms with van der Waals surface area (Å²) in [6, 6.07) is 3.82. The lowest BCUT2D eigenvalue weighted by Gasteiger charge is -2.34. The summed E-state index contributed by atoms with van der Waals surface area (Å²) in [7, 11) is 0. The van der Waals surface area contributed by atoms with Gasteiger partial charge in [0.1, 0.15) is 10.8 Å². The molecule has 0 aliphatic carbocycles. The van der Waals surface area contributed by atoms with Crippen molar-refractivity contribution in [1.29, 1.82) is 0 Å². The molecular weight excluding hydrogens is 254 g/mol. The van der Waals surface area contributed by atoms with Crippen LogP contribution in [0, 0.1) is 12.3 Å². The number of hydrogen-bond acceptors (Lipinski definition) is 3. The minimum absolute atomic E-state index is 0.0352. The fourth-order valence-electron chi connectivity index (χ4n) is 2.59. The molecule has 0 fully saturated rings. The van der Waals surface area contributed by atoms with Gasteiger partial charge in [0.15, 0.2) is 0 Å². The Morgan fingerprint density at radius 1 is 1.26 bits per heavy atom. The number of thiocarbonyl (C=S) groups is 1. The highest BCUT2D eigenvalue weighted by atomic mass is 32.1. The van der Waals surface area contributed by atoms with Crippen molar-refractivity contribution < 1.29 is 0 Å². The number of aromatic nitrogens is 1. The molecule has 0 saturated carbocycles. The van der Waals surface area contributed by atoms with Crippen molar-refractivity contribution in [2.24, 2.45) is 11.1 Å². The molecule has 19 heavy (non-hydrogen) atoms. The van der Waals surface area contributed by atoms with Gasteiger partial charge < -0.3 is 11.1 Å². The minimum Gasteiger partial charge on any atom is -0.389 e. The molecule has 3 N–H and O–H groups in total. The molecule has 0 saturated heterocycles. The second kappa shape index (κ2) is 5.45. The van der Waals surface area contributed by atoms with Crippen LogP contribution in [-0.2, 0) is 0 Å². The zero-order chi connectivity index (χ0) is 14.8. The van der Waals surface area contributed by atoms with Crippen molar-refractivity contribution in [2.75, 3.05) is 5.32 Å². The lowest BCUT2D eigenvalue weighted by molar-refractivity contribution is 0.302. The van der Waals surface area contributed by atoms with Gasteiger partial charge in [-0.2, -0.15) is 0 Å². The van der Waals surface area contributed by atoms with Gasteiger partial charge in [-0.25, -0.2) is 4.98 Å². The Morgan fingerprint density at radius 3 is 2.32 bits per heavy atom. The molecule has 0 amide bonds. The molecule has 0 spiro atoms. The van der Waals surface area contributed by atoms with Crippen molar-refractivity contribution in [3.8, 4) is 0 Å². The van der Waals surface area contributed by atoms with Gasteiger partial charge >= 0.3 is 0 Å². The van der Waals surface area contributed by atoms with Crippen molar-refractivity contribution in [3.05, 3.63) is 23.4 Å². The first-order valence-electron chi connectivity index (χ1n) is 6.55. The van der Waals surface area contributed by atoms with E-state index in [0.29, 0.717) is 4.99 Å². The van der Waals surface area contributed by atoms with E-state index in [1.165, 1.54) is 0 Å². The monoisotopic (exact) mass is 279 g/mol. The molecule has 0 radical (unpaired) electrons. The van der Waals surface area contributed by atoms with Gasteiger partial charge in [-0.1, -0.05) is 33.0 Å². The Bertz CT molecular complexity index is 473. The number of nitrogens with one attached hydrogen (secondary N) is 1. The van der Waals surface area contributed by atoms with Gasteiger partial charge in [0.05, 0.1) is 0 Å². The lowest BCUT2D eigenvalue weighted by atomic mass is 9.82. The van der Waals surface area contributed by atoms with Gasteiger partial charge in [-0.05, 0) is 44.7 Å². The summed E-state index contributed by atoms with van der Waals surface area (Å²) >= 11 is 5.03. The van der Waals surface area contributed by atoms with Crippen LogP contribution < -0.4 is 11.1 Å². The summed E-state index contributed by atoms with van der Waals surface area (Å²) in [6.45, 7) is 13.0. The maximum atomic E-state index is 5.69. The SMILES string of the molecule is Cc1cc(C(N)=S)cc(NC(C)(C)CC(C)(C)C)n1. The molecule has 0 atom stereocenters. The number of hydrogen-bond donors (Lipinski definition) is 2. The third-order valence-electron chi connectivity index (χ3n) is 2.68. The molecule has 4 heteroatoms. The predicted molar refractivity (Wildman–Crippen MR) is 86.6 cm³/mol. The molecule has 106 valence electrons. The highest BCUT2D eigenvalue weighted by Gasteiger charge is 2.25. The van der Waals surface area contributed by atoms with E-state index in [2.05, 4.69) is 44.9 Å². The second-order valence-electron chi connectivity index (χ2n) is 6.99. The quantitative estimate of drug-likeness (QED) is 0.826. The van der Waals surface area contributed by atoms with E-state index >= 15 is 0 Å². The van der Waals surface area contributed by atoms with Crippen LogP contribution in [0.1, 0.15) is 52.3 Å². The molecule has 0 bridgehead atoms. The molecule has 0 aromatic carbocycles. The van der Waals surface area contributed by atoms with Crippen LogP contribution in [0.15, 0.2) is 12.1 Å². The number of pyridine rings is 1. The Balaban J connectivity index is 2.96. The summed E-state index contributed by atoms with van der Waals surface area (Å²) < 4.78 is 0. The Kier molecular flexibility index (Phi) is 4.56. The molecular formula is C15H25N3S. The first-order chi connectivity index (χ1) is 8.48. The maximum absolute atomic E-state index is 5.69. The number of aryl methyl sites for hydroxylation is 1. The maximum Gasteiger partial charge on any atom is 0.127 e. The van der Waals surface area contributed by atoms with Crippen molar-refractivity contribution in [2.45, 2.75) is 53.5 Å². The van der Waals surface area contributed by atoms with Crippen LogP contribution in [0.25, 0.3) is 0 Å². The van der Waals surface area contributed by atoms with Crippen molar-refractivity contribution in [1.82, 2.24) is 4.98 Å². The predicted octanol–water partition coefficient (Wildman–Crippen LogP) is 3.65. The highest BCUT2D eigenvalue weighted by molar-refractivity contribution is 7.80. The fraction of sp³-hybridized carbons (Fsp3) is 0.600. The molecule has 3 nitrogen and oxygen atoms in total. The van der Waals surface area contributed by atoms with Gasteiger partial charge in [0.2, 0.25) is 0 Å². The molecule has 1 rings (SSSR count). The van der Waals surface area contributed by atoms with Crippen LogP contribution in [0.5, 0.6) is 0 Å². The first-order valence-corrected chi connectivity index (χ1v) is 6.96. The van der Waals surface area contributed by atoms with Crippen LogP contribution in [0.4, 0.5) is 5.82 Å². The average Bonchev–Trinajstić information content (AvgIpc) is 2.10. The van der Waals surface area contributed by atoms with Gasteiger partial charge in [-0.3, -0.25) is 0 Å². The molecule has 1 heterocycles. The third kappa shape index (κ3) is 5.55. The molecule has 0 aliphatic heterocycles. The Morgan fingerprint density at radius 2 is 1.84 bits per heavy atom. The lowest BCUT2D eigenvalue weighted by Crippen LogP contribution is -2.35. The van der Waals surface area contributed by atoms with E-state index in [4.69, 9.17) is 18.0 Å². The summed E-state index contributed by atoms with van der Waals surface area (Å²) in [5, 5.41) is 3.48. The van der Waals surface area contributed by atoms with Crippen LogP contribution in [0.2, 0.25) is 0 Å². The van der Waals surface area contributed by atoms with E-state index in [9.17, 15) is 0 Å². The summed E-state index contributed by atoms with van der Waals surface area (Å²) in [5.74, 6) is 0.831.